The van der Waals surface area contributed by atoms with Crippen molar-refractivity contribution in [1.29, 1.82) is 0 Å². The molecule has 1 aromatic carbocycles. The number of fused-ring (bicyclic) bond motifs is 1. The van der Waals surface area contributed by atoms with Crippen molar-refractivity contribution in [3.05, 3.63) is 82.2 Å². The molecule has 2 aliphatic rings. The monoisotopic (exact) mass is 551 g/mol. The molecule has 1 fully saturated rings. The molecule has 0 amide bonds. The molecule has 3 aromatic rings. The summed E-state index contributed by atoms with van der Waals surface area (Å²) >= 11 is 13.2. The number of rotatable bonds is 7. The Morgan fingerprint density at radius 2 is 2.03 bits per heavy atom. The van der Waals surface area contributed by atoms with E-state index in [0.717, 1.165) is 42.9 Å². The maximum atomic E-state index is 12.0. The van der Waals surface area contributed by atoms with Crippen molar-refractivity contribution in [2.24, 2.45) is 0 Å². The minimum absolute atomic E-state index is 0.0515. The molecule has 0 radical (unpaired) electrons. The molecule has 0 bridgehead atoms. The minimum Gasteiger partial charge on any atom is -0.478 e. The Morgan fingerprint density at radius 3 is 2.76 bits per heavy atom. The van der Waals surface area contributed by atoms with Gasteiger partial charge < -0.3 is 25.4 Å². The van der Waals surface area contributed by atoms with Crippen molar-refractivity contribution in [2.75, 3.05) is 28.7 Å². The van der Waals surface area contributed by atoms with E-state index >= 15 is 0 Å². The average molecular weight is 552 g/mol. The number of benzene rings is 1. The zero-order chi connectivity index (χ0) is 27.0. The van der Waals surface area contributed by atoms with Crippen LogP contribution >= 0.6 is 23.2 Å². The fraction of sp³-hybridized carbons (Fsp3) is 0.250. The van der Waals surface area contributed by atoms with E-state index in [9.17, 15) is 9.90 Å². The molecule has 0 spiro atoms. The fourth-order valence-corrected chi connectivity index (χ4v) is 5.31. The standard InChI is InChI=1S/C28H27Cl2N5O3/c1-3-17-6-7-22(29)27(33-17)38-15-19-5-4-10-34(19)25-13-24-20(12-23(25)30)16(2)21(28(36)37)14-35(24)18-8-9-32-26(31)11-18/h6-9,11-14,19H,2-5,10,15H2,1H3,(H2,31,32)(H,36,37). The number of aliphatic carboxylic acids is 1. The number of ether oxygens (including phenoxy) is 1. The molecule has 1 unspecified atom stereocenters. The lowest BCUT2D eigenvalue weighted by molar-refractivity contribution is -0.132. The van der Waals surface area contributed by atoms with E-state index < -0.39 is 5.97 Å². The molecule has 5 rings (SSSR count). The van der Waals surface area contributed by atoms with Crippen LogP contribution in [0.3, 0.4) is 0 Å². The van der Waals surface area contributed by atoms with Gasteiger partial charge in [-0.1, -0.05) is 36.7 Å². The van der Waals surface area contributed by atoms with Crippen LogP contribution in [0.15, 0.2) is 60.9 Å². The van der Waals surface area contributed by atoms with Crippen molar-refractivity contribution in [1.82, 2.24) is 9.97 Å². The van der Waals surface area contributed by atoms with Gasteiger partial charge in [-0.2, -0.15) is 0 Å². The van der Waals surface area contributed by atoms with Crippen LogP contribution < -0.4 is 20.3 Å². The van der Waals surface area contributed by atoms with Crippen LogP contribution in [0.4, 0.5) is 22.9 Å². The van der Waals surface area contributed by atoms with Gasteiger partial charge in [-0.3, -0.25) is 0 Å². The molecule has 1 atom stereocenters. The highest BCUT2D eigenvalue weighted by Gasteiger charge is 2.32. The average Bonchev–Trinajstić information content (AvgIpc) is 3.36. The number of carboxylic acids is 1. The summed E-state index contributed by atoms with van der Waals surface area (Å²) in [6, 6.07) is 11.0. The lowest BCUT2D eigenvalue weighted by Gasteiger charge is -2.33. The molecular weight excluding hydrogens is 525 g/mol. The lowest BCUT2D eigenvalue weighted by Crippen LogP contribution is -2.34. The number of nitrogens with zero attached hydrogens (tertiary/aromatic N) is 4. The van der Waals surface area contributed by atoms with E-state index in [1.807, 2.05) is 25.1 Å². The number of halogens is 2. The first-order chi connectivity index (χ1) is 18.3. The maximum absolute atomic E-state index is 12.0. The molecule has 0 saturated carbocycles. The Hall–Kier alpha value is -3.75. The number of carbonyl (C=O) groups is 1. The number of carboxylic acid groups (broad SMARTS) is 1. The lowest BCUT2D eigenvalue weighted by atomic mass is 9.93. The summed E-state index contributed by atoms with van der Waals surface area (Å²) in [4.78, 5) is 24.6. The normalized spacial score (nSPS) is 16.9. The number of anilines is 4. The molecule has 8 nitrogen and oxygen atoms in total. The summed E-state index contributed by atoms with van der Waals surface area (Å²) in [6.45, 7) is 7.27. The Morgan fingerprint density at radius 1 is 1.21 bits per heavy atom. The first kappa shape index (κ1) is 25.9. The van der Waals surface area contributed by atoms with Gasteiger partial charge in [-0.15, -0.1) is 0 Å². The molecular formula is C28H27Cl2N5O3. The smallest absolute Gasteiger partial charge is 0.337 e. The molecule has 0 aliphatic carbocycles. The van der Waals surface area contributed by atoms with Gasteiger partial charge in [0.25, 0.3) is 0 Å². The number of hydrogen-bond acceptors (Lipinski definition) is 7. The van der Waals surface area contributed by atoms with Crippen LogP contribution in [0.5, 0.6) is 5.88 Å². The van der Waals surface area contributed by atoms with E-state index in [1.165, 1.54) is 0 Å². The van der Waals surface area contributed by atoms with Crippen molar-refractivity contribution in [3.63, 3.8) is 0 Å². The Labute approximate surface area is 231 Å². The first-order valence-electron chi connectivity index (χ1n) is 12.3. The van der Waals surface area contributed by atoms with E-state index in [2.05, 4.69) is 21.4 Å². The Kier molecular flexibility index (Phi) is 7.19. The molecule has 4 heterocycles. The highest BCUT2D eigenvalue weighted by molar-refractivity contribution is 6.34. The minimum atomic E-state index is -1.08. The van der Waals surface area contributed by atoms with Crippen LogP contribution in [0, 0.1) is 0 Å². The molecule has 2 aromatic heterocycles. The van der Waals surface area contributed by atoms with Crippen LogP contribution in [-0.2, 0) is 11.2 Å². The SMILES string of the molecule is C=C1C(C(=O)O)=CN(c2ccnc(N)c2)c2cc(N3CCCC3COc3nc(CC)ccc3Cl)c(Cl)cc21. The number of pyridine rings is 2. The molecule has 38 heavy (non-hydrogen) atoms. The number of hydrogen-bond donors (Lipinski definition) is 2. The summed E-state index contributed by atoms with van der Waals surface area (Å²) in [7, 11) is 0. The first-order valence-corrected chi connectivity index (χ1v) is 13.1. The summed E-state index contributed by atoms with van der Waals surface area (Å²) in [5.41, 5.74) is 10.2. The third kappa shape index (κ3) is 4.89. The van der Waals surface area contributed by atoms with Gasteiger partial charge in [0.05, 0.1) is 33.7 Å². The van der Waals surface area contributed by atoms with E-state index in [0.29, 0.717) is 45.2 Å². The van der Waals surface area contributed by atoms with Crippen molar-refractivity contribution in [3.8, 4) is 5.88 Å². The third-order valence-electron chi connectivity index (χ3n) is 6.84. The second kappa shape index (κ2) is 10.6. The van der Waals surface area contributed by atoms with Gasteiger partial charge in [-0.25, -0.2) is 14.8 Å². The largest absolute Gasteiger partial charge is 0.478 e. The van der Waals surface area contributed by atoms with Gasteiger partial charge in [0, 0.05) is 36.3 Å². The van der Waals surface area contributed by atoms with Gasteiger partial charge in [0.15, 0.2) is 0 Å². The van der Waals surface area contributed by atoms with E-state index in [4.69, 9.17) is 33.7 Å². The van der Waals surface area contributed by atoms with Gasteiger partial charge in [0.1, 0.15) is 17.4 Å². The number of aryl methyl sites for hydroxylation is 1. The molecule has 1 saturated heterocycles. The topological polar surface area (TPSA) is 105 Å². The number of aromatic nitrogens is 2. The third-order valence-corrected chi connectivity index (χ3v) is 7.43. The molecule has 2 aliphatic heterocycles. The molecule has 3 N–H and O–H groups in total. The van der Waals surface area contributed by atoms with Gasteiger partial charge in [-0.05, 0) is 55.2 Å². The van der Waals surface area contributed by atoms with E-state index in [1.54, 1.807) is 35.5 Å². The highest BCUT2D eigenvalue weighted by atomic mass is 35.5. The highest BCUT2D eigenvalue weighted by Crippen LogP contribution is 2.46. The predicted molar refractivity (Wildman–Crippen MR) is 151 cm³/mol. The summed E-state index contributed by atoms with van der Waals surface area (Å²) < 4.78 is 6.08. The fourth-order valence-electron chi connectivity index (χ4n) is 4.88. The summed E-state index contributed by atoms with van der Waals surface area (Å²) in [5, 5.41) is 10.8. The van der Waals surface area contributed by atoms with Crippen LogP contribution in [0.1, 0.15) is 31.0 Å². The maximum Gasteiger partial charge on any atom is 0.337 e. The van der Waals surface area contributed by atoms with Gasteiger partial charge >= 0.3 is 5.97 Å². The quantitative estimate of drug-likeness (QED) is 0.362. The second-order valence-corrected chi connectivity index (χ2v) is 10.0. The second-order valence-electron chi connectivity index (χ2n) is 9.20. The summed E-state index contributed by atoms with van der Waals surface area (Å²) in [6.07, 6.45) is 5.81. The zero-order valence-corrected chi connectivity index (χ0v) is 22.3. The van der Waals surface area contributed by atoms with Crippen molar-refractivity contribution < 1.29 is 14.6 Å². The Bertz CT molecular complexity index is 1460. The molecule has 10 heteroatoms. The number of nitrogen functional groups attached to an aromatic ring is 1. The Balaban J connectivity index is 1.50. The van der Waals surface area contributed by atoms with Gasteiger partial charge in [0.2, 0.25) is 5.88 Å². The van der Waals surface area contributed by atoms with Crippen LogP contribution in [0.25, 0.3) is 5.57 Å². The van der Waals surface area contributed by atoms with Crippen LogP contribution in [-0.4, -0.2) is 40.2 Å². The predicted octanol–water partition coefficient (Wildman–Crippen LogP) is 6.11. The number of nitrogens with two attached hydrogens (primary N) is 1. The van der Waals surface area contributed by atoms with Crippen molar-refractivity contribution >= 4 is 57.6 Å². The molecule has 196 valence electrons. The van der Waals surface area contributed by atoms with Crippen molar-refractivity contribution in [2.45, 2.75) is 32.2 Å². The van der Waals surface area contributed by atoms with Crippen LogP contribution in [0.2, 0.25) is 10.0 Å². The van der Waals surface area contributed by atoms with E-state index in [-0.39, 0.29) is 11.6 Å². The zero-order valence-electron chi connectivity index (χ0n) is 20.8. The summed E-state index contributed by atoms with van der Waals surface area (Å²) in [5.74, 6) is -0.327.